The molecule has 2 aromatic carbocycles. The maximum atomic E-state index is 12.6. The van der Waals surface area contributed by atoms with Crippen molar-refractivity contribution in [2.45, 2.75) is 20.0 Å². The first-order chi connectivity index (χ1) is 14.3. The van der Waals surface area contributed by atoms with E-state index < -0.39 is 11.8 Å². The maximum Gasteiger partial charge on any atom is 0.281 e. The summed E-state index contributed by atoms with van der Waals surface area (Å²) >= 11 is 16.0. The summed E-state index contributed by atoms with van der Waals surface area (Å²) in [7, 11) is 0. The third-order valence-corrected chi connectivity index (χ3v) is 6.18. The van der Waals surface area contributed by atoms with E-state index in [0.29, 0.717) is 21.2 Å². The third kappa shape index (κ3) is 5.28. The number of nitrogens with one attached hydrogen (secondary N) is 3. The third-order valence-electron chi connectivity index (χ3n) is 3.81. The van der Waals surface area contributed by atoms with Gasteiger partial charge in [0.25, 0.3) is 11.8 Å². The van der Waals surface area contributed by atoms with Gasteiger partial charge in [-0.05, 0) is 50.3 Å². The monoisotopic (exact) mass is 525 g/mol. The van der Waals surface area contributed by atoms with E-state index in [-0.39, 0.29) is 11.2 Å². The van der Waals surface area contributed by atoms with E-state index in [0.717, 1.165) is 14.6 Å². The summed E-state index contributed by atoms with van der Waals surface area (Å²) in [6.45, 7) is 3.73. The van der Waals surface area contributed by atoms with Crippen molar-refractivity contribution in [3.8, 4) is 5.75 Å². The fourth-order valence-electron chi connectivity index (χ4n) is 2.57. The standard InChI is InChI=1S/C20H17BrClN3O3S2/c1-10(2)28-14-8-7-11(21)9-13(14)18(26)23-20(29)25-24-19(27)17-16(22)12-5-3-4-6-15(12)30-17/h3-10H,1-2H3,(H,24,27)(H2,23,25,26,29). The summed E-state index contributed by atoms with van der Waals surface area (Å²) in [6, 6.07) is 12.6. The molecule has 0 aliphatic rings. The molecule has 1 heterocycles. The highest BCUT2D eigenvalue weighted by Crippen LogP contribution is 2.34. The molecule has 1 aromatic heterocycles. The zero-order chi connectivity index (χ0) is 21.8. The molecule has 156 valence electrons. The molecule has 30 heavy (non-hydrogen) atoms. The molecule has 0 unspecified atom stereocenters. The first kappa shape index (κ1) is 22.5. The minimum Gasteiger partial charge on any atom is -0.490 e. The van der Waals surface area contributed by atoms with Gasteiger partial charge in [-0.2, -0.15) is 0 Å². The quantitative estimate of drug-likeness (QED) is 0.327. The Hall–Kier alpha value is -2.20. The zero-order valence-corrected chi connectivity index (χ0v) is 19.9. The Bertz CT molecular complexity index is 1130. The van der Waals surface area contributed by atoms with Gasteiger partial charge in [-0.1, -0.05) is 45.7 Å². The van der Waals surface area contributed by atoms with Crippen molar-refractivity contribution in [1.29, 1.82) is 0 Å². The average molecular weight is 527 g/mol. The second-order valence-corrected chi connectivity index (χ2v) is 9.16. The molecule has 0 fully saturated rings. The molecular weight excluding hydrogens is 510 g/mol. The SMILES string of the molecule is CC(C)Oc1ccc(Br)cc1C(=O)NC(=S)NNC(=O)c1sc2ccccc2c1Cl. The Balaban J connectivity index is 1.64. The second kappa shape index (κ2) is 9.74. The van der Waals surface area contributed by atoms with E-state index in [2.05, 4.69) is 32.1 Å². The van der Waals surface area contributed by atoms with Crippen LogP contribution in [0.1, 0.15) is 33.9 Å². The summed E-state index contributed by atoms with van der Waals surface area (Å²) in [5, 5.41) is 3.63. The maximum absolute atomic E-state index is 12.6. The Morgan fingerprint density at radius 3 is 2.57 bits per heavy atom. The number of hydrazine groups is 1. The van der Waals surface area contributed by atoms with E-state index in [4.69, 9.17) is 28.6 Å². The van der Waals surface area contributed by atoms with E-state index in [1.54, 1.807) is 18.2 Å². The minimum atomic E-state index is -0.474. The fourth-order valence-corrected chi connectivity index (χ4v) is 4.49. The average Bonchev–Trinajstić information content (AvgIpc) is 3.04. The normalized spacial score (nSPS) is 10.7. The van der Waals surface area contributed by atoms with Gasteiger partial charge < -0.3 is 4.74 Å². The molecule has 0 atom stereocenters. The highest BCUT2D eigenvalue weighted by atomic mass is 79.9. The largest absolute Gasteiger partial charge is 0.490 e. The lowest BCUT2D eigenvalue weighted by Crippen LogP contribution is -2.48. The van der Waals surface area contributed by atoms with Crippen LogP contribution in [0, 0.1) is 0 Å². The molecule has 3 rings (SSSR count). The predicted molar refractivity (Wildman–Crippen MR) is 127 cm³/mol. The van der Waals surface area contributed by atoms with Gasteiger partial charge in [-0.15, -0.1) is 11.3 Å². The first-order valence-electron chi connectivity index (χ1n) is 8.81. The van der Waals surface area contributed by atoms with Gasteiger partial charge in [-0.25, -0.2) is 0 Å². The van der Waals surface area contributed by atoms with Gasteiger partial charge in [0, 0.05) is 14.6 Å². The van der Waals surface area contributed by atoms with Crippen molar-refractivity contribution in [1.82, 2.24) is 16.2 Å². The summed E-state index contributed by atoms with van der Waals surface area (Å²) in [5.74, 6) is -0.503. The van der Waals surface area contributed by atoms with Crippen LogP contribution < -0.4 is 20.9 Å². The van der Waals surface area contributed by atoms with Crippen LogP contribution >= 0.6 is 51.1 Å². The zero-order valence-electron chi connectivity index (χ0n) is 15.9. The van der Waals surface area contributed by atoms with E-state index in [1.807, 2.05) is 38.1 Å². The number of ether oxygens (including phenoxy) is 1. The van der Waals surface area contributed by atoms with Crippen LogP contribution in [0.5, 0.6) is 5.75 Å². The summed E-state index contributed by atoms with van der Waals surface area (Å²) in [5.41, 5.74) is 5.29. The lowest BCUT2D eigenvalue weighted by atomic mass is 10.2. The molecule has 0 aliphatic heterocycles. The predicted octanol–water partition coefficient (Wildman–Crippen LogP) is 5.05. The van der Waals surface area contributed by atoms with Crippen LogP contribution in [0.15, 0.2) is 46.9 Å². The molecule has 6 nitrogen and oxygen atoms in total. The van der Waals surface area contributed by atoms with E-state index in [9.17, 15) is 9.59 Å². The molecule has 0 aliphatic carbocycles. The number of carbonyl (C=O) groups is 2. The Labute approximate surface area is 196 Å². The van der Waals surface area contributed by atoms with Gasteiger partial charge in [0.1, 0.15) is 10.6 Å². The summed E-state index contributed by atoms with van der Waals surface area (Å²) in [6.07, 6.45) is -0.104. The molecule has 0 bridgehead atoms. The van der Waals surface area contributed by atoms with Crippen LogP contribution in [0.2, 0.25) is 5.02 Å². The molecule has 10 heteroatoms. The smallest absolute Gasteiger partial charge is 0.281 e. The lowest BCUT2D eigenvalue weighted by molar-refractivity contribution is 0.0936. The van der Waals surface area contributed by atoms with Gasteiger partial charge in [-0.3, -0.25) is 25.8 Å². The van der Waals surface area contributed by atoms with Crippen LogP contribution in [-0.2, 0) is 0 Å². The lowest BCUT2D eigenvalue weighted by Gasteiger charge is -2.15. The minimum absolute atomic E-state index is 0.0685. The Kier molecular flexibility index (Phi) is 7.30. The molecule has 0 spiro atoms. The van der Waals surface area contributed by atoms with Crippen molar-refractivity contribution in [3.63, 3.8) is 0 Å². The van der Waals surface area contributed by atoms with Crippen molar-refractivity contribution in [3.05, 3.63) is 62.4 Å². The number of benzene rings is 2. The fraction of sp³-hybridized carbons (Fsp3) is 0.150. The first-order valence-corrected chi connectivity index (χ1v) is 11.2. The molecule has 0 saturated carbocycles. The van der Waals surface area contributed by atoms with Crippen LogP contribution in [0.25, 0.3) is 10.1 Å². The molecule has 3 aromatic rings. The summed E-state index contributed by atoms with van der Waals surface area (Å²) in [4.78, 5) is 25.4. The number of thiophene rings is 1. The van der Waals surface area contributed by atoms with Crippen LogP contribution in [0.3, 0.4) is 0 Å². The molecule has 0 saturated heterocycles. The topological polar surface area (TPSA) is 79.5 Å². The molecule has 0 radical (unpaired) electrons. The van der Waals surface area contributed by atoms with Crippen molar-refractivity contribution < 1.29 is 14.3 Å². The van der Waals surface area contributed by atoms with Gasteiger partial charge in [0.15, 0.2) is 5.11 Å². The van der Waals surface area contributed by atoms with E-state index >= 15 is 0 Å². The highest BCUT2D eigenvalue weighted by Gasteiger charge is 2.18. The van der Waals surface area contributed by atoms with Crippen molar-refractivity contribution >= 4 is 78.1 Å². The number of hydrogen-bond donors (Lipinski definition) is 3. The molecular formula is C20H17BrClN3O3S2. The number of hydrogen-bond acceptors (Lipinski definition) is 5. The van der Waals surface area contributed by atoms with Gasteiger partial charge in [0.2, 0.25) is 0 Å². The van der Waals surface area contributed by atoms with Crippen molar-refractivity contribution in [2.24, 2.45) is 0 Å². The second-order valence-electron chi connectivity index (χ2n) is 6.41. The summed E-state index contributed by atoms with van der Waals surface area (Å²) < 4.78 is 7.29. The van der Waals surface area contributed by atoms with E-state index in [1.165, 1.54) is 11.3 Å². The number of fused-ring (bicyclic) bond motifs is 1. The number of rotatable bonds is 4. The van der Waals surface area contributed by atoms with Gasteiger partial charge >= 0.3 is 0 Å². The van der Waals surface area contributed by atoms with Crippen LogP contribution in [-0.4, -0.2) is 23.0 Å². The highest BCUT2D eigenvalue weighted by molar-refractivity contribution is 9.10. The Morgan fingerprint density at radius 1 is 1.13 bits per heavy atom. The van der Waals surface area contributed by atoms with Crippen molar-refractivity contribution in [2.75, 3.05) is 0 Å². The number of carbonyl (C=O) groups excluding carboxylic acids is 2. The van der Waals surface area contributed by atoms with Gasteiger partial charge in [0.05, 0.1) is 16.7 Å². The Morgan fingerprint density at radius 2 is 1.87 bits per heavy atom. The number of thiocarbonyl (C=S) groups is 1. The number of amides is 2. The van der Waals surface area contributed by atoms with Crippen LogP contribution in [0.4, 0.5) is 0 Å². The number of halogens is 2. The molecule has 2 amide bonds. The molecule has 3 N–H and O–H groups in total.